The largest absolute Gasteiger partial charge is 0.484 e. The number of nitrogens with one attached hydrogen (secondary N) is 2. The molecule has 2 saturated carbocycles. The Morgan fingerprint density at radius 2 is 1.59 bits per heavy atom. The summed E-state index contributed by atoms with van der Waals surface area (Å²) in [4.78, 5) is 57.6. The molecule has 1 saturated heterocycles. The number of para-hydroxylation sites is 1. The first-order chi connectivity index (χ1) is 24.6. The first-order valence-corrected chi connectivity index (χ1v) is 18.2. The number of carbonyl (C=O) groups excluding carboxylic acids is 3. The molecule has 51 heavy (non-hydrogen) atoms. The number of rotatable bonds is 6. The van der Waals surface area contributed by atoms with Gasteiger partial charge in [-0.1, -0.05) is 65.9 Å². The number of nitrogens with zero attached hydrogens (tertiary/aromatic N) is 1. The SMILES string of the molecule is O=C(COc1ccc([C@H]2c3sc(=O)[nH]c3SC3C4CC(C5C(=O)N(c6ccccc6C(F)(F)F)C(=O)C45)C32)cc1)Nc1ccc2ccccc2c1. The van der Waals surface area contributed by atoms with E-state index in [-0.39, 0.29) is 46.3 Å². The number of aromatic amines is 1. The van der Waals surface area contributed by atoms with Crippen LogP contribution >= 0.6 is 23.1 Å². The predicted octanol–water partition coefficient (Wildman–Crippen LogP) is 7.30. The number of amides is 3. The third kappa shape index (κ3) is 5.19. The van der Waals surface area contributed by atoms with Crippen LogP contribution in [0, 0.1) is 29.6 Å². The van der Waals surface area contributed by atoms with Crippen molar-refractivity contribution in [2.75, 3.05) is 16.8 Å². The number of hydrogen-bond acceptors (Lipinski definition) is 7. The van der Waals surface area contributed by atoms with Crippen LogP contribution in [0.1, 0.15) is 28.3 Å². The second-order valence-corrected chi connectivity index (χ2v) is 15.7. The number of anilines is 2. The van der Waals surface area contributed by atoms with Gasteiger partial charge in [-0.05, 0) is 76.9 Å². The van der Waals surface area contributed by atoms with Crippen LogP contribution in [0.15, 0.2) is 101 Å². The second kappa shape index (κ2) is 11.8. The topological polar surface area (TPSA) is 109 Å². The number of H-pyrrole nitrogens is 1. The maximum absolute atomic E-state index is 14.0. The number of hydrogen-bond donors (Lipinski definition) is 2. The fraction of sp³-hybridized carbons (Fsp3) is 0.263. The van der Waals surface area contributed by atoms with Crippen LogP contribution in [0.25, 0.3) is 10.8 Å². The molecule has 2 aliphatic heterocycles. The van der Waals surface area contributed by atoms with Crippen molar-refractivity contribution in [3.63, 3.8) is 0 Å². The van der Waals surface area contributed by atoms with E-state index in [1.54, 1.807) is 12.1 Å². The van der Waals surface area contributed by atoms with Gasteiger partial charge >= 0.3 is 11.0 Å². The average Bonchev–Trinajstić information content (AvgIpc) is 3.86. The van der Waals surface area contributed by atoms with E-state index in [4.69, 9.17) is 4.74 Å². The third-order valence-corrected chi connectivity index (χ3v) is 13.4. The summed E-state index contributed by atoms with van der Waals surface area (Å²) in [7, 11) is 0. The Hall–Kier alpha value is -4.88. The lowest BCUT2D eigenvalue weighted by atomic mass is 9.68. The van der Waals surface area contributed by atoms with E-state index in [2.05, 4.69) is 10.3 Å². The summed E-state index contributed by atoms with van der Waals surface area (Å²) in [6.07, 6.45) is -4.13. The average molecular weight is 728 g/mol. The van der Waals surface area contributed by atoms with Crippen LogP contribution in [0.4, 0.5) is 24.5 Å². The number of aromatic nitrogens is 1. The first-order valence-electron chi connectivity index (χ1n) is 16.5. The molecule has 4 aromatic carbocycles. The number of imide groups is 1. The molecule has 6 unspecified atom stereocenters. The van der Waals surface area contributed by atoms with Crippen molar-refractivity contribution in [2.45, 2.75) is 28.8 Å². The predicted molar refractivity (Wildman–Crippen MR) is 187 cm³/mol. The van der Waals surface area contributed by atoms with Gasteiger partial charge in [0.25, 0.3) is 5.91 Å². The van der Waals surface area contributed by atoms with Crippen LogP contribution in [0.3, 0.4) is 0 Å². The molecular weight excluding hydrogens is 700 g/mol. The molecule has 2 aliphatic carbocycles. The zero-order chi connectivity index (χ0) is 35.2. The zero-order valence-corrected chi connectivity index (χ0v) is 28.2. The van der Waals surface area contributed by atoms with Gasteiger partial charge in [-0.25, -0.2) is 4.90 Å². The minimum absolute atomic E-state index is 0.122. The Labute approximate surface area is 297 Å². The molecule has 3 heterocycles. The smallest absolute Gasteiger partial charge is 0.418 e. The van der Waals surface area contributed by atoms with E-state index >= 15 is 0 Å². The lowest BCUT2D eigenvalue weighted by Gasteiger charge is -2.43. The van der Waals surface area contributed by atoms with Gasteiger partial charge in [-0.2, -0.15) is 13.2 Å². The zero-order valence-electron chi connectivity index (χ0n) is 26.6. The van der Waals surface area contributed by atoms with Gasteiger partial charge in [0.05, 0.1) is 28.1 Å². The minimum atomic E-state index is -4.74. The second-order valence-electron chi connectivity index (χ2n) is 13.5. The van der Waals surface area contributed by atoms with Crippen LogP contribution in [0.2, 0.25) is 0 Å². The van der Waals surface area contributed by atoms with Gasteiger partial charge < -0.3 is 15.0 Å². The number of ether oxygens (including phenoxy) is 1. The molecule has 1 aromatic heterocycles. The Bertz CT molecular complexity index is 2300. The Morgan fingerprint density at radius 1 is 0.882 bits per heavy atom. The molecule has 4 aliphatic rings. The monoisotopic (exact) mass is 727 g/mol. The number of carbonyl (C=O) groups is 3. The normalized spacial score (nSPS) is 26.3. The molecule has 2 N–H and O–H groups in total. The van der Waals surface area contributed by atoms with Crippen molar-refractivity contribution >= 4 is 63.0 Å². The van der Waals surface area contributed by atoms with Gasteiger partial charge in [-0.3, -0.25) is 19.2 Å². The quantitative estimate of drug-likeness (QED) is 0.178. The molecule has 0 radical (unpaired) electrons. The lowest BCUT2D eigenvalue weighted by molar-refractivity contribution is -0.137. The van der Waals surface area contributed by atoms with E-state index in [9.17, 15) is 32.3 Å². The number of benzene rings is 4. The first kappa shape index (κ1) is 32.1. The van der Waals surface area contributed by atoms with Gasteiger partial charge in [0, 0.05) is 21.7 Å². The van der Waals surface area contributed by atoms with Crippen LogP contribution < -0.4 is 19.8 Å². The van der Waals surface area contributed by atoms with Crippen molar-refractivity contribution < 1.29 is 32.3 Å². The van der Waals surface area contributed by atoms with E-state index in [0.29, 0.717) is 17.9 Å². The number of fused-ring (bicyclic) bond motifs is 10. The molecule has 3 fully saturated rings. The molecule has 258 valence electrons. The third-order valence-electron chi connectivity index (χ3n) is 10.8. The molecule has 5 aromatic rings. The van der Waals surface area contributed by atoms with Crippen LogP contribution in [-0.4, -0.2) is 34.6 Å². The summed E-state index contributed by atoms with van der Waals surface area (Å²) < 4.78 is 47.8. The van der Waals surface area contributed by atoms with Gasteiger partial charge in [0.1, 0.15) is 5.75 Å². The fourth-order valence-electron chi connectivity index (χ4n) is 8.92. The summed E-state index contributed by atoms with van der Waals surface area (Å²) in [5.74, 6) is -3.39. The van der Waals surface area contributed by atoms with Gasteiger partial charge in [-0.15, -0.1) is 11.8 Å². The van der Waals surface area contributed by atoms with Crippen molar-refractivity contribution in [3.8, 4) is 5.75 Å². The molecule has 13 heteroatoms. The molecule has 9 rings (SSSR count). The molecular formula is C38H28F3N3O5S2. The molecule has 0 spiro atoms. The molecule has 8 nitrogen and oxygen atoms in total. The van der Waals surface area contributed by atoms with Crippen LogP contribution in [0.5, 0.6) is 5.75 Å². The highest BCUT2D eigenvalue weighted by atomic mass is 32.2. The summed E-state index contributed by atoms with van der Waals surface area (Å²) in [6, 6.07) is 25.5. The summed E-state index contributed by atoms with van der Waals surface area (Å²) in [6.45, 7) is -0.211. The lowest BCUT2D eigenvalue weighted by Crippen LogP contribution is -2.42. The van der Waals surface area contributed by atoms with E-state index in [1.807, 2.05) is 54.6 Å². The van der Waals surface area contributed by atoms with Crippen molar-refractivity contribution in [2.24, 2.45) is 29.6 Å². The highest BCUT2D eigenvalue weighted by molar-refractivity contribution is 8.00. The maximum Gasteiger partial charge on any atom is 0.418 e. The number of alkyl halides is 3. The summed E-state index contributed by atoms with van der Waals surface area (Å²) in [5.41, 5.74) is 0.102. The van der Waals surface area contributed by atoms with Gasteiger partial charge in [0.2, 0.25) is 11.8 Å². The maximum atomic E-state index is 14.0. The van der Waals surface area contributed by atoms with E-state index < -0.39 is 41.1 Å². The summed E-state index contributed by atoms with van der Waals surface area (Å²) in [5, 5.41) is 5.53. The summed E-state index contributed by atoms with van der Waals surface area (Å²) >= 11 is 2.62. The highest BCUT2D eigenvalue weighted by Crippen LogP contribution is 2.69. The molecule has 7 atom stereocenters. The number of thioether (sulfide) groups is 1. The van der Waals surface area contributed by atoms with E-state index in [1.165, 1.54) is 30.0 Å². The van der Waals surface area contributed by atoms with Crippen LogP contribution in [-0.2, 0) is 20.6 Å². The molecule has 2 bridgehead atoms. The Balaban J connectivity index is 0.967. The number of thiazole rings is 1. The standard InChI is InChI=1S/C38H28F3N3O5S2/c39-38(40,41)25-7-3-4-8-26(25)44-35(46)30-23-16-24(31(30)36(44)47)32-29(23)28(33-34(50-32)43-37(48)51-33)19-10-13-22(14-11-19)49-17-27(45)42-21-12-9-18-5-1-2-6-20(18)15-21/h1-15,23-24,28-32H,16-17H2,(H,42,45)(H,43,48)/t23?,24?,28-,29?,30?,31?,32?/m1/s1. The van der Waals surface area contributed by atoms with Crippen molar-refractivity contribution in [3.05, 3.63) is 117 Å². The van der Waals surface area contributed by atoms with Crippen molar-refractivity contribution in [1.82, 2.24) is 4.98 Å². The van der Waals surface area contributed by atoms with Gasteiger partial charge in [0.15, 0.2) is 6.61 Å². The molecule has 3 amide bonds. The number of halogens is 3. The van der Waals surface area contributed by atoms with E-state index in [0.717, 1.165) is 48.5 Å². The minimum Gasteiger partial charge on any atom is -0.484 e. The van der Waals surface area contributed by atoms with Crippen molar-refractivity contribution in [1.29, 1.82) is 0 Å². The Morgan fingerprint density at radius 3 is 2.35 bits per heavy atom. The highest BCUT2D eigenvalue weighted by Gasteiger charge is 2.70. The fourth-order valence-corrected chi connectivity index (χ4v) is 11.8. The Kier molecular flexibility index (Phi) is 7.44.